The van der Waals surface area contributed by atoms with Crippen LogP contribution in [-0.2, 0) is 9.05 Å². The number of rotatable bonds is 10. The summed E-state index contributed by atoms with van der Waals surface area (Å²) in [4.78, 5) is 22.0. The average molecular weight is 418 g/mol. The minimum Gasteiger partial charge on any atom is -0.321 e. The summed E-state index contributed by atoms with van der Waals surface area (Å²) in [5, 5.41) is 31.8. The Kier molecular flexibility index (Phi) is 8.12. The number of nitriles is 1. The summed E-state index contributed by atoms with van der Waals surface area (Å²) in [5.41, 5.74) is -0.0992. The number of hydrogen-bond donors (Lipinski definition) is 0. The normalized spacial score (nSPS) is 12.0. The first kappa shape index (κ1) is 22.3. The highest BCUT2D eigenvalue weighted by atomic mass is 31.2. The molecule has 1 atom stereocenters. The summed E-state index contributed by atoms with van der Waals surface area (Å²) in [6.45, 7) is 0.0981. The van der Waals surface area contributed by atoms with Gasteiger partial charge in [0.05, 0.1) is 40.1 Å². The molecule has 2 aromatic rings. The summed E-state index contributed by atoms with van der Waals surface area (Å²) in [6, 6.07) is 13.8. The van der Waals surface area contributed by atoms with Crippen LogP contribution < -0.4 is 0 Å². The fourth-order valence-corrected chi connectivity index (χ4v) is 3.67. The second kappa shape index (κ2) is 10.5. The first-order valence-electron chi connectivity index (χ1n) is 8.47. The van der Waals surface area contributed by atoms with E-state index in [1.165, 1.54) is 36.4 Å². The lowest BCUT2D eigenvalue weighted by atomic mass is 9.98. The number of nitrogens with zero attached hydrogens (tertiary/aromatic N) is 4. The third kappa shape index (κ3) is 5.76. The second-order valence-corrected chi connectivity index (χ2v) is 7.69. The van der Waals surface area contributed by atoms with E-state index in [0.717, 1.165) is 0 Å². The van der Waals surface area contributed by atoms with E-state index in [1.807, 2.05) is 6.07 Å². The van der Waals surface area contributed by atoms with Gasteiger partial charge in [0.1, 0.15) is 6.10 Å². The molecule has 0 heterocycles. The maximum atomic E-state index is 11.6. The van der Waals surface area contributed by atoms with Gasteiger partial charge in [-0.3, -0.25) is 20.2 Å². The Bertz CT molecular complexity index is 860. The van der Waals surface area contributed by atoms with Gasteiger partial charge >= 0.3 is 0 Å². The molecule has 0 spiro atoms. The van der Waals surface area contributed by atoms with E-state index in [0.29, 0.717) is 0 Å². The number of hydrogen-bond acceptors (Lipinski definition) is 8. The van der Waals surface area contributed by atoms with Gasteiger partial charge in [-0.2, -0.15) is 5.26 Å². The molecule has 0 amide bonds. The van der Waals surface area contributed by atoms with Crippen molar-refractivity contribution in [3.05, 3.63) is 79.9 Å². The molecule has 11 heteroatoms. The van der Waals surface area contributed by atoms with Gasteiger partial charge in [-0.05, 0) is 26.2 Å². The van der Waals surface area contributed by atoms with E-state index >= 15 is 0 Å². The van der Waals surface area contributed by atoms with Gasteiger partial charge in [0.2, 0.25) is 0 Å². The Morgan fingerprint density at radius 1 is 1.03 bits per heavy atom. The predicted molar refractivity (Wildman–Crippen MR) is 106 cm³/mol. The molecule has 152 valence electrons. The van der Waals surface area contributed by atoms with Crippen LogP contribution in [0.25, 0.3) is 0 Å². The second-order valence-electron chi connectivity index (χ2n) is 5.94. The molecular formula is C18H19N4O6P. The van der Waals surface area contributed by atoms with Crippen molar-refractivity contribution < 1.29 is 18.9 Å². The van der Waals surface area contributed by atoms with Gasteiger partial charge in [-0.1, -0.05) is 24.3 Å². The van der Waals surface area contributed by atoms with E-state index in [9.17, 15) is 20.2 Å². The fraction of sp³-hybridized carbons (Fsp3) is 0.278. The van der Waals surface area contributed by atoms with Gasteiger partial charge in [0.15, 0.2) is 0 Å². The predicted octanol–water partition coefficient (Wildman–Crippen LogP) is 4.33. The number of nitro benzene ring substituents is 2. The molecular weight excluding hydrogens is 399 g/mol. The summed E-state index contributed by atoms with van der Waals surface area (Å²) in [6.07, 6.45) is -0.980. The lowest BCUT2D eigenvalue weighted by Crippen LogP contribution is -2.15. The molecule has 0 aliphatic carbocycles. The topological polar surface area (TPSA) is 132 Å². The average Bonchev–Trinajstić information content (AvgIpc) is 2.70. The van der Waals surface area contributed by atoms with Crippen LogP contribution in [0.4, 0.5) is 11.4 Å². The molecule has 0 aliphatic heterocycles. The van der Waals surface area contributed by atoms with Crippen LogP contribution in [0.1, 0.15) is 23.7 Å². The quantitative estimate of drug-likeness (QED) is 0.241. The van der Waals surface area contributed by atoms with Crippen molar-refractivity contribution in [1.82, 2.24) is 4.67 Å². The summed E-state index contributed by atoms with van der Waals surface area (Å²) < 4.78 is 13.3. The minimum absolute atomic E-state index is 0.0981. The molecule has 2 aromatic carbocycles. The number of benzene rings is 2. The Balaban J connectivity index is 2.57. The van der Waals surface area contributed by atoms with Gasteiger partial charge in [-0.15, -0.1) is 0 Å². The third-order valence-electron chi connectivity index (χ3n) is 3.77. The Labute approximate surface area is 168 Å². The fourth-order valence-electron chi connectivity index (χ4n) is 2.53. The largest absolute Gasteiger partial charge is 0.321 e. The van der Waals surface area contributed by atoms with E-state index in [-0.39, 0.29) is 35.5 Å². The maximum Gasteiger partial charge on any atom is 0.275 e. The zero-order valence-corrected chi connectivity index (χ0v) is 16.7. The summed E-state index contributed by atoms with van der Waals surface area (Å²) in [5.74, 6) is 0. The zero-order chi connectivity index (χ0) is 21.4. The zero-order valence-electron chi connectivity index (χ0n) is 15.8. The van der Waals surface area contributed by atoms with E-state index in [1.54, 1.807) is 30.9 Å². The summed E-state index contributed by atoms with van der Waals surface area (Å²) in [7, 11) is 1.63. The van der Waals surface area contributed by atoms with Gasteiger partial charge < -0.3 is 9.05 Å². The smallest absolute Gasteiger partial charge is 0.275 e. The van der Waals surface area contributed by atoms with Gasteiger partial charge in [0, 0.05) is 12.1 Å². The van der Waals surface area contributed by atoms with Crippen molar-refractivity contribution in [1.29, 1.82) is 5.26 Å². The van der Waals surface area contributed by atoms with Crippen molar-refractivity contribution in [2.75, 3.05) is 20.7 Å². The highest BCUT2D eigenvalue weighted by molar-refractivity contribution is 7.44. The first-order valence-corrected chi connectivity index (χ1v) is 9.60. The van der Waals surface area contributed by atoms with Gasteiger partial charge in [-0.25, -0.2) is 4.67 Å². The van der Waals surface area contributed by atoms with E-state index < -0.39 is 24.5 Å². The molecule has 0 bridgehead atoms. The van der Waals surface area contributed by atoms with Crippen molar-refractivity contribution in [3.8, 4) is 6.07 Å². The van der Waals surface area contributed by atoms with Crippen molar-refractivity contribution in [3.63, 3.8) is 0 Å². The van der Waals surface area contributed by atoms with Gasteiger partial charge in [0.25, 0.3) is 19.9 Å². The number of para-hydroxylation sites is 2. The molecule has 1 unspecified atom stereocenters. The molecule has 0 saturated carbocycles. The van der Waals surface area contributed by atoms with Crippen molar-refractivity contribution >= 4 is 19.9 Å². The Morgan fingerprint density at radius 3 is 1.93 bits per heavy atom. The molecule has 29 heavy (non-hydrogen) atoms. The van der Waals surface area contributed by atoms with Crippen LogP contribution >= 0.6 is 8.53 Å². The molecule has 0 N–H and O–H groups in total. The highest BCUT2D eigenvalue weighted by Crippen LogP contribution is 2.49. The monoisotopic (exact) mass is 418 g/mol. The Hall–Kier alpha value is -2.96. The molecule has 0 saturated heterocycles. The molecule has 0 aromatic heterocycles. The van der Waals surface area contributed by atoms with Crippen LogP contribution in [-0.4, -0.2) is 35.2 Å². The standard InChI is InChI=1S/C18H19N4O6P/c1-20(2)29(27-13-7-12-19)28-18(14-8-3-5-10-16(14)21(23)24)15-9-4-6-11-17(15)22(25)26/h3-6,8-11,18H,7,13H2,1-2H3. The molecule has 0 radical (unpaired) electrons. The lowest BCUT2D eigenvalue weighted by molar-refractivity contribution is -0.387. The maximum absolute atomic E-state index is 11.6. The summed E-state index contributed by atoms with van der Waals surface area (Å²) >= 11 is 0. The van der Waals surface area contributed by atoms with E-state index in [4.69, 9.17) is 14.3 Å². The third-order valence-corrected chi connectivity index (χ3v) is 5.22. The molecule has 0 fully saturated rings. The lowest BCUT2D eigenvalue weighted by Gasteiger charge is -2.27. The van der Waals surface area contributed by atoms with Crippen LogP contribution in [0.3, 0.4) is 0 Å². The minimum atomic E-state index is -1.74. The first-order chi connectivity index (χ1) is 13.9. The van der Waals surface area contributed by atoms with Crippen molar-refractivity contribution in [2.45, 2.75) is 12.5 Å². The van der Waals surface area contributed by atoms with Crippen LogP contribution in [0.2, 0.25) is 0 Å². The van der Waals surface area contributed by atoms with Crippen LogP contribution in [0.5, 0.6) is 0 Å². The molecule has 0 aliphatic rings. The van der Waals surface area contributed by atoms with Crippen molar-refractivity contribution in [2.24, 2.45) is 0 Å². The Morgan fingerprint density at radius 2 is 1.52 bits per heavy atom. The SMILES string of the molecule is CN(C)P(OCCC#N)OC(c1ccccc1[N+](=O)[O-])c1ccccc1[N+](=O)[O-]. The molecule has 10 nitrogen and oxygen atoms in total. The number of nitro groups is 2. The van der Waals surface area contributed by atoms with Crippen LogP contribution in [0, 0.1) is 31.6 Å². The van der Waals surface area contributed by atoms with Crippen LogP contribution in [0.15, 0.2) is 48.5 Å². The molecule has 2 rings (SSSR count). The highest BCUT2D eigenvalue weighted by Gasteiger charge is 2.33. The van der Waals surface area contributed by atoms with E-state index in [2.05, 4.69) is 0 Å².